The van der Waals surface area contributed by atoms with E-state index in [2.05, 4.69) is 0 Å². The maximum absolute atomic E-state index is 10.7. The summed E-state index contributed by atoms with van der Waals surface area (Å²) in [6.45, 7) is 0. The Morgan fingerprint density at radius 1 is 1.64 bits per heavy atom. The van der Waals surface area contributed by atoms with Crippen LogP contribution in [-0.4, -0.2) is 24.5 Å². The average Bonchev–Trinajstić information content (AvgIpc) is 2.58. The van der Waals surface area contributed by atoms with E-state index in [0.717, 1.165) is 5.56 Å². The molecule has 0 saturated carbocycles. The molecule has 0 fully saturated rings. The van der Waals surface area contributed by atoms with Crippen molar-refractivity contribution in [2.75, 3.05) is 7.11 Å². The molecule has 1 heterocycles. The molecule has 1 aromatic rings. The lowest BCUT2D eigenvalue weighted by Crippen LogP contribution is -2.14. The lowest BCUT2D eigenvalue weighted by atomic mass is 10.1. The quantitative estimate of drug-likeness (QED) is 0.770. The first-order chi connectivity index (χ1) is 6.70. The SMILES string of the molecule is COC1Cc2cc(C(=O)O)ccc2O1. The molecular formula is C10H10O4. The zero-order chi connectivity index (χ0) is 10.1. The summed E-state index contributed by atoms with van der Waals surface area (Å²) in [6, 6.07) is 4.81. The fourth-order valence-electron chi connectivity index (χ4n) is 1.48. The van der Waals surface area contributed by atoms with E-state index in [0.29, 0.717) is 12.2 Å². The zero-order valence-electron chi connectivity index (χ0n) is 7.69. The van der Waals surface area contributed by atoms with E-state index in [1.54, 1.807) is 19.2 Å². The second-order valence-corrected chi connectivity index (χ2v) is 3.11. The van der Waals surface area contributed by atoms with E-state index in [-0.39, 0.29) is 11.9 Å². The molecule has 0 spiro atoms. The molecule has 74 valence electrons. The number of methoxy groups -OCH3 is 1. The predicted octanol–water partition coefficient (Wildman–Crippen LogP) is 1.29. The van der Waals surface area contributed by atoms with Crippen molar-refractivity contribution < 1.29 is 19.4 Å². The smallest absolute Gasteiger partial charge is 0.335 e. The molecule has 1 unspecified atom stereocenters. The minimum absolute atomic E-state index is 0.282. The van der Waals surface area contributed by atoms with Crippen LogP contribution < -0.4 is 4.74 Å². The maximum atomic E-state index is 10.7. The molecule has 4 heteroatoms. The molecule has 0 bridgehead atoms. The number of carbonyl (C=O) groups is 1. The van der Waals surface area contributed by atoms with Gasteiger partial charge in [0.15, 0.2) is 0 Å². The second kappa shape index (κ2) is 3.31. The average molecular weight is 194 g/mol. The van der Waals surface area contributed by atoms with E-state index in [4.69, 9.17) is 14.6 Å². The molecule has 0 aliphatic carbocycles. The van der Waals surface area contributed by atoms with Gasteiger partial charge in [0.05, 0.1) is 5.56 Å². The molecule has 2 rings (SSSR count). The van der Waals surface area contributed by atoms with Crippen LogP contribution in [0.5, 0.6) is 5.75 Å². The van der Waals surface area contributed by atoms with Crippen molar-refractivity contribution in [1.29, 1.82) is 0 Å². The van der Waals surface area contributed by atoms with Crippen molar-refractivity contribution in [2.24, 2.45) is 0 Å². The van der Waals surface area contributed by atoms with Crippen LogP contribution in [0.2, 0.25) is 0 Å². The van der Waals surface area contributed by atoms with Crippen LogP contribution in [0.25, 0.3) is 0 Å². The van der Waals surface area contributed by atoms with Gasteiger partial charge in [0, 0.05) is 19.1 Å². The first kappa shape index (κ1) is 9.02. The van der Waals surface area contributed by atoms with E-state index in [1.807, 2.05) is 0 Å². The van der Waals surface area contributed by atoms with Crippen molar-refractivity contribution in [3.63, 3.8) is 0 Å². The number of ether oxygens (including phenoxy) is 2. The number of hydrogen-bond donors (Lipinski definition) is 1. The van der Waals surface area contributed by atoms with Crippen molar-refractivity contribution in [2.45, 2.75) is 12.7 Å². The first-order valence-corrected chi connectivity index (χ1v) is 4.26. The Morgan fingerprint density at radius 3 is 3.07 bits per heavy atom. The van der Waals surface area contributed by atoms with Gasteiger partial charge < -0.3 is 14.6 Å². The van der Waals surface area contributed by atoms with Crippen molar-refractivity contribution in [3.8, 4) is 5.75 Å². The first-order valence-electron chi connectivity index (χ1n) is 4.26. The van der Waals surface area contributed by atoms with Gasteiger partial charge in [-0.15, -0.1) is 0 Å². The van der Waals surface area contributed by atoms with Crippen LogP contribution in [0.4, 0.5) is 0 Å². The van der Waals surface area contributed by atoms with Gasteiger partial charge in [-0.3, -0.25) is 0 Å². The zero-order valence-corrected chi connectivity index (χ0v) is 7.69. The number of rotatable bonds is 2. The number of carboxylic acids is 1. The van der Waals surface area contributed by atoms with Crippen LogP contribution in [0.15, 0.2) is 18.2 Å². The normalized spacial score (nSPS) is 18.8. The van der Waals surface area contributed by atoms with Crippen LogP contribution in [0.1, 0.15) is 15.9 Å². The van der Waals surface area contributed by atoms with Crippen LogP contribution in [-0.2, 0) is 11.2 Å². The largest absolute Gasteiger partial charge is 0.478 e. The summed E-state index contributed by atoms with van der Waals surface area (Å²) < 4.78 is 10.4. The number of fused-ring (bicyclic) bond motifs is 1. The van der Waals surface area contributed by atoms with Crippen molar-refractivity contribution in [3.05, 3.63) is 29.3 Å². The minimum Gasteiger partial charge on any atom is -0.478 e. The fourth-order valence-corrected chi connectivity index (χ4v) is 1.48. The van der Waals surface area contributed by atoms with Gasteiger partial charge in [-0.2, -0.15) is 0 Å². The Balaban J connectivity index is 2.31. The fraction of sp³-hybridized carbons (Fsp3) is 0.300. The van der Waals surface area contributed by atoms with E-state index < -0.39 is 5.97 Å². The Kier molecular flexibility index (Phi) is 2.13. The van der Waals surface area contributed by atoms with Gasteiger partial charge in [-0.05, 0) is 18.2 Å². The summed E-state index contributed by atoms with van der Waals surface area (Å²) in [6.07, 6.45) is 0.321. The standard InChI is InChI=1S/C10H10O4/c1-13-9-5-7-4-6(10(11)12)2-3-8(7)14-9/h2-4,9H,5H2,1H3,(H,11,12). The van der Waals surface area contributed by atoms with Gasteiger partial charge >= 0.3 is 5.97 Å². The maximum Gasteiger partial charge on any atom is 0.335 e. The van der Waals surface area contributed by atoms with E-state index in [1.165, 1.54) is 6.07 Å². The van der Waals surface area contributed by atoms with E-state index in [9.17, 15) is 4.79 Å². The van der Waals surface area contributed by atoms with Gasteiger partial charge in [0.1, 0.15) is 5.75 Å². The third kappa shape index (κ3) is 1.44. The molecule has 14 heavy (non-hydrogen) atoms. The Bertz CT molecular complexity index is 372. The second-order valence-electron chi connectivity index (χ2n) is 3.11. The molecule has 4 nitrogen and oxygen atoms in total. The van der Waals surface area contributed by atoms with Gasteiger partial charge in [0.2, 0.25) is 6.29 Å². The van der Waals surface area contributed by atoms with E-state index >= 15 is 0 Å². The van der Waals surface area contributed by atoms with Gasteiger partial charge in [-0.1, -0.05) is 0 Å². The number of carboxylic acid groups (broad SMARTS) is 1. The highest BCUT2D eigenvalue weighted by Crippen LogP contribution is 2.29. The molecule has 0 aromatic heterocycles. The lowest BCUT2D eigenvalue weighted by molar-refractivity contribution is -0.0367. The molecule has 1 aliphatic heterocycles. The Morgan fingerprint density at radius 2 is 2.43 bits per heavy atom. The highest BCUT2D eigenvalue weighted by molar-refractivity contribution is 5.88. The highest BCUT2D eigenvalue weighted by atomic mass is 16.7. The summed E-state index contributed by atoms with van der Waals surface area (Å²) in [4.78, 5) is 10.7. The summed E-state index contributed by atoms with van der Waals surface area (Å²) in [5, 5.41) is 8.77. The molecule has 1 atom stereocenters. The highest BCUT2D eigenvalue weighted by Gasteiger charge is 2.23. The molecule has 1 aromatic carbocycles. The van der Waals surface area contributed by atoms with Crippen molar-refractivity contribution >= 4 is 5.97 Å². The molecule has 1 N–H and O–H groups in total. The number of aromatic carboxylic acids is 1. The summed E-state index contributed by atoms with van der Waals surface area (Å²) in [5.41, 5.74) is 1.17. The van der Waals surface area contributed by atoms with Gasteiger partial charge in [-0.25, -0.2) is 4.79 Å². The summed E-state index contributed by atoms with van der Waals surface area (Å²) in [7, 11) is 1.56. The topological polar surface area (TPSA) is 55.8 Å². The predicted molar refractivity (Wildman–Crippen MR) is 48.5 cm³/mol. The molecule has 0 amide bonds. The molecule has 1 aliphatic rings. The van der Waals surface area contributed by atoms with Gasteiger partial charge in [0.25, 0.3) is 0 Å². The molecule has 0 saturated heterocycles. The molecule has 0 radical (unpaired) electrons. The third-order valence-corrected chi connectivity index (χ3v) is 2.22. The summed E-state index contributed by atoms with van der Waals surface area (Å²) >= 11 is 0. The molecular weight excluding hydrogens is 184 g/mol. The Labute approximate surface area is 81.1 Å². The lowest BCUT2D eigenvalue weighted by Gasteiger charge is -2.06. The van der Waals surface area contributed by atoms with Crippen LogP contribution >= 0.6 is 0 Å². The number of hydrogen-bond acceptors (Lipinski definition) is 3. The number of benzene rings is 1. The van der Waals surface area contributed by atoms with Crippen molar-refractivity contribution in [1.82, 2.24) is 0 Å². The van der Waals surface area contributed by atoms with Crippen LogP contribution in [0, 0.1) is 0 Å². The Hall–Kier alpha value is -1.55. The minimum atomic E-state index is -0.923. The summed E-state index contributed by atoms with van der Waals surface area (Å²) in [5.74, 6) is -0.212. The third-order valence-electron chi connectivity index (χ3n) is 2.22. The monoisotopic (exact) mass is 194 g/mol. The van der Waals surface area contributed by atoms with Crippen LogP contribution in [0.3, 0.4) is 0 Å².